The van der Waals surface area contributed by atoms with E-state index in [4.69, 9.17) is 11.6 Å². The summed E-state index contributed by atoms with van der Waals surface area (Å²) >= 11 is 5.61. The van der Waals surface area contributed by atoms with Gasteiger partial charge in [0.15, 0.2) is 0 Å². The highest BCUT2D eigenvalue weighted by Crippen LogP contribution is 2.26. The van der Waals surface area contributed by atoms with E-state index in [0.717, 1.165) is 0 Å². The molecule has 0 atom stereocenters. The third-order valence-electron chi connectivity index (χ3n) is 1.46. The number of carbonyl (C=O) groups is 1. The van der Waals surface area contributed by atoms with Gasteiger partial charge in [-0.2, -0.15) is 0 Å². The summed E-state index contributed by atoms with van der Waals surface area (Å²) in [5.41, 5.74) is 0.258. The molecule has 0 spiro atoms. The first-order valence-corrected chi connectivity index (χ1v) is 4.10. The summed E-state index contributed by atoms with van der Waals surface area (Å²) in [6.45, 7) is 1.34. The Balaban J connectivity index is 3.00. The highest BCUT2D eigenvalue weighted by atomic mass is 35.5. The summed E-state index contributed by atoms with van der Waals surface area (Å²) in [7, 11) is 0. The van der Waals surface area contributed by atoms with Gasteiger partial charge in [0.2, 0.25) is 5.91 Å². The zero-order chi connectivity index (χ0) is 10.7. The van der Waals surface area contributed by atoms with E-state index < -0.39 is 4.92 Å². The van der Waals surface area contributed by atoms with Crippen molar-refractivity contribution in [1.29, 1.82) is 0 Å². The van der Waals surface area contributed by atoms with E-state index >= 15 is 0 Å². The molecule has 0 heterocycles. The number of halogens is 1. The molecule has 1 rings (SSSR count). The van der Waals surface area contributed by atoms with Crippen LogP contribution in [0.1, 0.15) is 6.92 Å². The fourth-order valence-electron chi connectivity index (χ4n) is 0.936. The van der Waals surface area contributed by atoms with Crippen LogP contribution < -0.4 is 5.32 Å². The average Bonchev–Trinajstić information content (AvgIpc) is 2.01. The van der Waals surface area contributed by atoms with Gasteiger partial charge in [-0.3, -0.25) is 14.9 Å². The first-order chi connectivity index (χ1) is 6.50. The van der Waals surface area contributed by atoms with E-state index in [-0.39, 0.29) is 16.6 Å². The van der Waals surface area contributed by atoms with Gasteiger partial charge in [0.25, 0.3) is 5.69 Å². The van der Waals surface area contributed by atoms with Crippen LogP contribution in [0.5, 0.6) is 0 Å². The molecule has 5 nitrogen and oxygen atoms in total. The van der Waals surface area contributed by atoms with Crippen molar-refractivity contribution < 1.29 is 9.72 Å². The number of hydrogen-bond acceptors (Lipinski definition) is 3. The van der Waals surface area contributed by atoms with Crippen LogP contribution in [0.25, 0.3) is 0 Å². The lowest BCUT2D eigenvalue weighted by Gasteiger charge is -2.01. The molecule has 0 aliphatic heterocycles. The second-order valence-corrected chi connectivity index (χ2v) is 3.01. The number of benzene rings is 1. The molecule has 74 valence electrons. The number of carbonyl (C=O) groups excluding carboxylic acids is 1. The van der Waals surface area contributed by atoms with Gasteiger partial charge in [-0.05, 0) is 12.1 Å². The van der Waals surface area contributed by atoms with Crippen LogP contribution in [-0.2, 0) is 4.79 Å². The Morgan fingerprint density at radius 1 is 1.57 bits per heavy atom. The second-order valence-electron chi connectivity index (χ2n) is 2.60. The van der Waals surface area contributed by atoms with Crippen LogP contribution in [-0.4, -0.2) is 10.8 Å². The fourth-order valence-corrected chi connectivity index (χ4v) is 1.19. The first-order valence-electron chi connectivity index (χ1n) is 3.72. The summed E-state index contributed by atoms with van der Waals surface area (Å²) in [5, 5.41) is 12.9. The maximum Gasteiger partial charge on any atom is 0.288 e. The molecule has 0 aromatic heterocycles. The minimum Gasteiger partial charge on any atom is -0.326 e. The zero-order valence-electron chi connectivity index (χ0n) is 7.28. The monoisotopic (exact) mass is 214 g/mol. The lowest BCUT2D eigenvalue weighted by molar-refractivity contribution is -0.384. The minimum atomic E-state index is -0.583. The number of rotatable bonds is 2. The average molecular weight is 215 g/mol. The number of nitro groups is 1. The first kappa shape index (κ1) is 10.5. The molecule has 1 N–H and O–H groups in total. The van der Waals surface area contributed by atoms with E-state index in [1.54, 1.807) is 0 Å². The molecule has 14 heavy (non-hydrogen) atoms. The number of nitrogens with one attached hydrogen (secondary N) is 1. The summed E-state index contributed by atoms with van der Waals surface area (Å²) in [5.74, 6) is -0.255. The lowest BCUT2D eigenvalue weighted by atomic mass is 10.3. The Kier molecular flexibility index (Phi) is 3.03. The van der Waals surface area contributed by atoms with E-state index in [1.165, 1.54) is 25.1 Å². The van der Waals surface area contributed by atoms with Gasteiger partial charge >= 0.3 is 0 Å². The third kappa shape index (κ3) is 2.43. The molecule has 0 bridgehead atoms. The van der Waals surface area contributed by atoms with Crippen molar-refractivity contribution in [3.8, 4) is 0 Å². The maximum absolute atomic E-state index is 10.7. The predicted molar refractivity (Wildman–Crippen MR) is 52.4 cm³/mol. The fraction of sp³-hybridized carbons (Fsp3) is 0.125. The van der Waals surface area contributed by atoms with Gasteiger partial charge < -0.3 is 5.32 Å². The molecule has 0 fully saturated rings. The van der Waals surface area contributed by atoms with Crippen molar-refractivity contribution in [1.82, 2.24) is 0 Å². The van der Waals surface area contributed by atoms with Gasteiger partial charge in [-0.25, -0.2) is 0 Å². The summed E-state index contributed by atoms with van der Waals surface area (Å²) in [4.78, 5) is 20.5. The smallest absolute Gasteiger partial charge is 0.288 e. The number of anilines is 1. The Hall–Kier alpha value is -1.62. The SMILES string of the molecule is CC(=O)Nc1ccc([N+](=O)[O-])c(Cl)c1. The molecule has 0 aliphatic carbocycles. The number of nitrogens with zero attached hydrogens (tertiary/aromatic N) is 1. The Labute approximate surface area is 84.8 Å². The largest absolute Gasteiger partial charge is 0.326 e. The molecule has 0 radical (unpaired) electrons. The Bertz CT molecular complexity index is 392. The van der Waals surface area contributed by atoms with Gasteiger partial charge in [-0.1, -0.05) is 11.6 Å². The van der Waals surface area contributed by atoms with Crippen molar-refractivity contribution in [2.45, 2.75) is 6.92 Å². The van der Waals surface area contributed by atoms with Crippen molar-refractivity contribution >= 4 is 28.9 Å². The van der Waals surface area contributed by atoms with E-state index in [2.05, 4.69) is 5.32 Å². The standard InChI is InChI=1S/C8H7ClN2O3/c1-5(12)10-6-2-3-8(11(13)14)7(9)4-6/h2-4H,1H3,(H,10,12). The predicted octanol–water partition coefficient (Wildman–Crippen LogP) is 2.21. The zero-order valence-corrected chi connectivity index (χ0v) is 8.04. The molecule has 6 heteroatoms. The summed E-state index contributed by atoms with van der Waals surface area (Å²) < 4.78 is 0. The highest BCUT2D eigenvalue weighted by Gasteiger charge is 2.11. The van der Waals surface area contributed by atoms with Crippen LogP contribution in [0, 0.1) is 10.1 Å². The summed E-state index contributed by atoms with van der Waals surface area (Å²) in [6, 6.07) is 4.00. The lowest BCUT2D eigenvalue weighted by Crippen LogP contribution is -2.05. The van der Waals surface area contributed by atoms with Crippen LogP contribution in [0.4, 0.5) is 11.4 Å². The molecular formula is C8H7ClN2O3. The molecule has 0 aliphatic rings. The molecule has 0 unspecified atom stereocenters. The molecular weight excluding hydrogens is 208 g/mol. The normalized spacial score (nSPS) is 9.57. The van der Waals surface area contributed by atoms with Gasteiger partial charge in [0.05, 0.1) is 4.92 Å². The van der Waals surface area contributed by atoms with Crippen molar-refractivity contribution in [2.75, 3.05) is 5.32 Å². The van der Waals surface area contributed by atoms with Crippen molar-refractivity contribution in [3.63, 3.8) is 0 Å². The van der Waals surface area contributed by atoms with E-state index in [9.17, 15) is 14.9 Å². The number of hydrogen-bond donors (Lipinski definition) is 1. The van der Waals surface area contributed by atoms with Gasteiger partial charge in [0.1, 0.15) is 5.02 Å². The Morgan fingerprint density at radius 3 is 2.64 bits per heavy atom. The molecule has 1 amide bonds. The van der Waals surface area contributed by atoms with Crippen molar-refractivity contribution in [3.05, 3.63) is 33.3 Å². The Morgan fingerprint density at radius 2 is 2.21 bits per heavy atom. The number of amides is 1. The van der Waals surface area contributed by atoms with E-state index in [0.29, 0.717) is 5.69 Å². The highest BCUT2D eigenvalue weighted by molar-refractivity contribution is 6.33. The van der Waals surface area contributed by atoms with Crippen LogP contribution in [0.2, 0.25) is 5.02 Å². The van der Waals surface area contributed by atoms with Gasteiger partial charge in [-0.15, -0.1) is 0 Å². The quantitative estimate of drug-likeness (QED) is 0.606. The topological polar surface area (TPSA) is 72.2 Å². The van der Waals surface area contributed by atoms with Crippen molar-refractivity contribution in [2.24, 2.45) is 0 Å². The third-order valence-corrected chi connectivity index (χ3v) is 1.77. The number of nitro benzene ring substituents is 1. The van der Waals surface area contributed by atoms with Crippen LogP contribution >= 0.6 is 11.6 Å². The summed E-state index contributed by atoms with van der Waals surface area (Å²) in [6.07, 6.45) is 0. The van der Waals surface area contributed by atoms with Crippen LogP contribution in [0.3, 0.4) is 0 Å². The van der Waals surface area contributed by atoms with Crippen LogP contribution in [0.15, 0.2) is 18.2 Å². The van der Waals surface area contributed by atoms with Gasteiger partial charge in [0, 0.05) is 18.7 Å². The molecule has 1 aromatic carbocycles. The minimum absolute atomic E-state index is 0.00116. The molecule has 1 aromatic rings. The van der Waals surface area contributed by atoms with E-state index in [1.807, 2.05) is 0 Å². The molecule has 0 saturated carbocycles. The maximum atomic E-state index is 10.7. The second kappa shape index (κ2) is 4.06. The molecule has 0 saturated heterocycles.